The second kappa shape index (κ2) is 5.80. The van der Waals surface area contributed by atoms with Crippen LogP contribution < -0.4 is 0 Å². The Hall–Kier alpha value is -0.910. The molecule has 0 aromatic heterocycles. The van der Waals surface area contributed by atoms with Crippen molar-refractivity contribution < 1.29 is 17.2 Å². The average Bonchev–Trinajstić information content (AvgIpc) is 2.79. The second-order valence-corrected chi connectivity index (χ2v) is 10.2. The lowest BCUT2D eigenvalue weighted by Gasteiger charge is -2.47. The molecule has 140 valence electrons. The summed E-state index contributed by atoms with van der Waals surface area (Å²) in [5.74, 6) is 0.848. The minimum Gasteiger partial charge on any atom is -0.264 e. The van der Waals surface area contributed by atoms with E-state index in [1.807, 2.05) is 30.3 Å². The van der Waals surface area contributed by atoms with Crippen LogP contribution in [0.1, 0.15) is 65.4 Å². The first kappa shape index (κ1) is 18.9. The Morgan fingerprint density at radius 3 is 2.24 bits per heavy atom. The van der Waals surface area contributed by atoms with Gasteiger partial charge in [-0.1, -0.05) is 51.1 Å². The molecule has 2 aliphatic rings. The predicted octanol–water partition coefficient (Wildman–Crippen LogP) is 4.83. The first-order chi connectivity index (χ1) is 11.4. The van der Waals surface area contributed by atoms with Crippen LogP contribution in [-0.4, -0.2) is 18.6 Å². The van der Waals surface area contributed by atoms with Gasteiger partial charge in [0.05, 0.1) is 5.60 Å². The van der Waals surface area contributed by atoms with Gasteiger partial charge in [-0.25, -0.2) is 4.18 Å². The zero-order chi connectivity index (χ0) is 18.7. The predicted molar refractivity (Wildman–Crippen MR) is 98.6 cm³/mol. The van der Waals surface area contributed by atoms with E-state index >= 15 is 0 Å². The van der Waals surface area contributed by atoms with Gasteiger partial charge in [0.25, 0.3) is 0 Å². The summed E-state index contributed by atoms with van der Waals surface area (Å²) < 4.78 is 37.5. The van der Waals surface area contributed by atoms with E-state index in [0.29, 0.717) is 11.8 Å². The van der Waals surface area contributed by atoms with E-state index in [1.165, 1.54) is 6.42 Å². The molecule has 4 nitrogen and oxygen atoms in total. The fourth-order valence-corrected chi connectivity index (χ4v) is 6.52. The van der Waals surface area contributed by atoms with Crippen molar-refractivity contribution in [1.29, 1.82) is 0 Å². The monoisotopic (exact) mass is 366 g/mol. The lowest BCUT2D eigenvalue weighted by molar-refractivity contribution is -0.00127. The van der Waals surface area contributed by atoms with Crippen molar-refractivity contribution in [3.8, 4) is 0 Å². The summed E-state index contributed by atoms with van der Waals surface area (Å²) in [6.07, 6.45) is 3.46. The van der Waals surface area contributed by atoms with Gasteiger partial charge in [-0.3, -0.25) is 4.55 Å². The molecular weight excluding hydrogens is 336 g/mol. The molecule has 2 aliphatic carbocycles. The summed E-state index contributed by atoms with van der Waals surface area (Å²) in [6, 6.07) is 10.0. The molecule has 0 spiro atoms. The van der Waals surface area contributed by atoms with Gasteiger partial charge in [0.1, 0.15) is 0 Å². The molecule has 25 heavy (non-hydrogen) atoms. The molecule has 4 atom stereocenters. The number of benzene rings is 1. The first-order valence-corrected chi connectivity index (χ1v) is 10.5. The van der Waals surface area contributed by atoms with Crippen LogP contribution in [0, 0.1) is 22.7 Å². The van der Waals surface area contributed by atoms with Crippen LogP contribution in [0.3, 0.4) is 0 Å². The van der Waals surface area contributed by atoms with Gasteiger partial charge in [-0.2, -0.15) is 8.42 Å². The van der Waals surface area contributed by atoms with Crippen LogP contribution in [0.2, 0.25) is 0 Å². The van der Waals surface area contributed by atoms with Gasteiger partial charge in [0.15, 0.2) is 0 Å². The van der Waals surface area contributed by atoms with E-state index in [-0.39, 0.29) is 16.7 Å². The highest BCUT2D eigenvalue weighted by atomic mass is 32.3. The van der Waals surface area contributed by atoms with Crippen LogP contribution in [0.15, 0.2) is 30.3 Å². The molecule has 0 saturated heterocycles. The van der Waals surface area contributed by atoms with E-state index in [4.69, 9.17) is 4.18 Å². The molecule has 1 aromatic rings. The van der Waals surface area contributed by atoms with Crippen molar-refractivity contribution in [3.63, 3.8) is 0 Å². The van der Waals surface area contributed by atoms with Gasteiger partial charge in [-0.15, -0.1) is 0 Å². The van der Waals surface area contributed by atoms with E-state index in [2.05, 4.69) is 20.8 Å². The fourth-order valence-electron chi connectivity index (χ4n) is 5.87. The molecular formula is C20H30O4S. The van der Waals surface area contributed by atoms with Crippen molar-refractivity contribution in [2.75, 3.05) is 0 Å². The Morgan fingerprint density at radius 1 is 1.20 bits per heavy atom. The number of hydrogen-bond acceptors (Lipinski definition) is 3. The van der Waals surface area contributed by atoms with Crippen molar-refractivity contribution in [2.45, 2.75) is 65.4 Å². The maximum absolute atomic E-state index is 11.5. The minimum atomic E-state index is -4.53. The summed E-state index contributed by atoms with van der Waals surface area (Å²) in [5, 5.41) is 0. The maximum atomic E-state index is 11.5. The van der Waals surface area contributed by atoms with Crippen LogP contribution in [0.25, 0.3) is 0 Å². The molecule has 3 rings (SSSR count). The summed E-state index contributed by atoms with van der Waals surface area (Å²) in [7, 11) is -4.53. The van der Waals surface area contributed by atoms with E-state index in [1.54, 1.807) is 13.8 Å². The van der Waals surface area contributed by atoms with Crippen LogP contribution in [0.4, 0.5) is 0 Å². The SMILES string of the molecule is CC(C)(OS(=O)(=O)O)C(c1ccccc1)C1CC2CCC1(C)C2(C)C. The molecule has 5 heteroatoms. The molecule has 1 aromatic carbocycles. The molecule has 0 heterocycles. The van der Waals surface area contributed by atoms with Crippen LogP contribution in [-0.2, 0) is 14.6 Å². The molecule has 0 amide bonds. The van der Waals surface area contributed by atoms with E-state index in [9.17, 15) is 13.0 Å². The van der Waals surface area contributed by atoms with Crippen molar-refractivity contribution in [2.24, 2.45) is 22.7 Å². The zero-order valence-electron chi connectivity index (χ0n) is 15.8. The van der Waals surface area contributed by atoms with Crippen LogP contribution >= 0.6 is 0 Å². The summed E-state index contributed by atoms with van der Waals surface area (Å²) in [5.41, 5.74) is 0.394. The highest BCUT2D eigenvalue weighted by Crippen LogP contribution is 2.71. The Labute approximate surface area is 151 Å². The number of hydrogen-bond donors (Lipinski definition) is 1. The number of rotatable bonds is 5. The van der Waals surface area contributed by atoms with Gasteiger partial charge in [-0.05, 0) is 61.3 Å². The van der Waals surface area contributed by atoms with Gasteiger partial charge < -0.3 is 0 Å². The van der Waals surface area contributed by atoms with E-state index in [0.717, 1.165) is 18.4 Å². The summed E-state index contributed by atoms with van der Waals surface area (Å²) in [6.45, 7) is 10.6. The smallest absolute Gasteiger partial charge is 0.264 e. The van der Waals surface area contributed by atoms with E-state index < -0.39 is 16.0 Å². The molecule has 1 N–H and O–H groups in total. The Bertz CT molecular complexity index is 738. The lowest BCUT2D eigenvalue weighted by atomic mass is 9.59. The zero-order valence-corrected chi connectivity index (χ0v) is 16.6. The molecule has 2 saturated carbocycles. The average molecular weight is 367 g/mol. The number of fused-ring (bicyclic) bond motifs is 2. The van der Waals surface area contributed by atoms with Crippen LogP contribution in [0.5, 0.6) is 0 Å². The topological polar surface area (TPSA) is 63.6 Å². The maximum Gasteiger partial charge on any atom is 0.397 e. The highest BCUT2D eigenvalue weighted by molar-refractivity contribution is 7.80. The largest absolute Gasteiger partial charge is 0.397 e. The summed E-state index contributed by atoms with van der Waals surface area (Å²) in [4.78, 5) is 0. The van der Waals surface area contributed by atoms with Gasteiger partial charge in [0.2, 0.25) is 0 Å². The third-order valence-electron chi connectivity index (χ3n) is 7.49. The Morgan fingerprint density at radius 2 is 1.80 bits per heavy atom. The molecule has 0 aliphatic heterocycles. The second-order valence-electron chi connectivity index (χ2n) is 9.22. The third kappa shape index (κ3) is 3.04. The Kier molecular flexibility index (Phi) is 4.37. The van der Waals surface area contributed by atoms with Gasteiger partial charge in [0, 0.05) is 5.92 Å². The van der Waals surface area contributed by atoms with Crippen molar-refractivity contribution >= 4 is 10.4 Å². The van der Waals surface area contributed by atoms with Crippen molar-refractivity contribution in [1.82, 2.24) is 0 Å². The van der Waals surface area contributed by atoms with Crippen molar-refractivity contribution in [3.05, 3.63) is 35.9 Å². The quantitative estimate of drug-likeness (QED) is 0.758. The molecule has 2 bridgehead atoms. The summed E-state index contributed by atoms with van der Waals surface area (Å²) >= 11 is 0. The fraction of sp³-hybridized carbons (Fsp3) is 0.700. The minimum absolute atomic E-state index is 0.106. The standard InChI is InChI=1S/C20H30O4S/c1-18(2)15-11-12-20(18,5)16(13-15)17(14-9-7-6-8-10-14)19(3,4)24-25(21,22)23/h6-10,15-17H,11-13H2,1-5H3,(H,21,22,23). The molecule has 0 radical (unpaired) electrons. The first-order valence-electron chi connectivity index (χ1n) is 9.11. The highest BCUT2D eigenvalue weighted by Gasteiger charge is 2.64. The van der Waals surface area contributed by atoms with Gasteiger partial charge >= 0.3 is 10.4 Å². The molecule has 4 unspecified atom stereocenters. The lowest BCUT2D eigenvalue weighted by Crippen LogP contribution is -2.44. The third-order valence-corrected chi connectivity index (χ3v) is 8.13. The molecule has 2 fully saturated rings. The Balaban J connectivity index is 2.08. The normalized spacial score (nSPS) is 32.7.